The summed E-state index contributed by atoms with van der Waals surface area (Å²) in [4.78, 5) is 0. The molecule has 1 aliphatic carbocycles. The summed E-state index contributed by atoms with van der Waals surface area (Å²) >= 11 is 0. The largest absolute Gasteiger partial charge is 0.207 e. The summed E-state index contributed by atoms with van der Waals surface area (Å²) in [5.74, 6) is -1.47. The minimum absolute atomic E-state index is 0.00414. The molecule has 0 spiro atoms. The Kier molecular flexibility index (Phi) is 4.68. The van der Waals surface area contributed by atoms with Gasteiger partial charge < -0.3 is 0 Å². The van der Waals surface area contributed by atoms with E-state index in [1.807, 2.05) is 31.2 Å². The Balaban J connectivity index is 1.79. The van der Waals surface area contributed by atoms with E-state index in [1.54, 1.807) is 6.07 Å². The van der Waals surface area contributed by atoms with E-state index in [-0.39, 0.29) is 11.1 Å². The number of halogens is 3. The molecule has 0 atom stereocenters. The summed E-state index contributed by atoms with van der Waals surface area (Å²) in [5.41, 5.74) is 4.65. The summed E-state index contributed by atoms with van der Waals surface area (Å²) in [6.07, 6.45) is 2.23. The SMILES string of the molecule is CCCc1c(F)cc2c(c1F)CCc1cc(-c3ccc(C#N)c(F)c3)ccc1-2. The van der Waals surface area contributed by atoms with E-state index in [4.69, 9.17) is 5.26 Å². The van der Waals surface area contributed by atoms with E-state index < -0.39 is 17.5 Å². The van der Waals surface area contributed by atoms with Crippen molar-refractivity contribution in [1.29, 1.82) is 5.26 Å². The van der Waals surface area contributed by atoms with Crippen molar-refractivity contribution in [2.24, 2.45) is 0 Å². The second-order valence-corrected chi connectivity index (χ2v) is 7.11. The Morgan fingerprint density at radius 1 is 0.893 bits per heavy atom. The zero-order chi connectivity index (χ0) is 19.8. The molecule has 4 rings (SSSR count). The van der Waals surface area contributed by atoms with Crippen LogP contribution in [-0.2, 0) is 19.3 Å². The van der Waals surface area contributed by atoms with Crippen LogP contribution in [0.5, 0.6) is 0 Å². The first-order valence-corrected chi connectivity index (χ1v) is 9.36. The Hall–Kier alpha value is -3.06. The lowest BCUT2D eigenvalue weighted by Crippen LogP contribution is -2.10. The van der Waals surface area contributed by atoms with Crippen molar-refractivity contribution in [3.05, 3.63) is 82.2 Å². The second kappa shape index (κ2) is 7.16. The maximum Gasteiger partial charge on any atom is 0.141 e. The van der Waals surface area contributed by atoms with Gasteiger partial charge in [-0.15, -0.1) is 0 Å². The van der Waals surface area contributed by atoms with Gasteiger partial charge in [-0.25, -0.2) is 13.2 Å². The zero-order valence-electron chi connectivity index (χ0n) is 15.5. The molecular weight excluding hydrogens is 359 g/mol. The highest BCUT2D eigenvalue weighted by Gasteiger charge is 2.24. The molecule has 4 heteroatoms. The highest BCUT2D eigenvalue weighted by Crippen LogP contribution is 2.39. The van der Waals surface area contributed by atoms with Gasteiger partial charge in [0.25, 0.3) is 0 Å². The predicted molar refractivity (Wildman–Crippen MR) is 103 cm³/mol. The predicted octanol–water partition coefficient (Wildman–Crippen LogP) is 6.36. The van der Waals surface area contributed by atoms with E-state index in [9.17, 15) is 13.2 Å². The fourth-order valence-electron chi connectivity index (χ4n) is 3.96. The van der Waals surface area contributed by atoms with Gasteiger partial charge in [0.05, 0.1) is 5.56 Å². The molecule has 0 N–H and O–H groups in total. The number of nitrogens with zero attached hydrogens (tertiary/aromatic N) is 1. The third kappa shape index (κ3) is 2.97. The summed E-state index contributed by atoms with van der Waals surface area (Å²) in [5, 5.41) is 8.88. The van der Waals surface area contributed by atoms with Crippen LogP contribution >= 0.6 is 0 Å². The van der Waals surface area contributed by atoms with Crippen LogP contribution in [0.3, 0.4) is 0 Å². The average molecular weight is 377 g/mol. The smallest absolute Gasteiger partial charge is 0.141 e. The lowest BCUT2D eigenvalue weighted by atomic mass is 9.82. The molecule has 3 aromatic rings. The standard InChI is InChI=1S/C24H18F3N/c1-2-3-20-23(26)12-21-18-8-6-14(10-16(18)7-9-19(21)24(20)27)15-4-5-17(13-28)22(25)11-15/h4-6,8,10-12H,2-3,7,9H2,1H3. The first-order chi connectivity index (χ1) is 13.5. The quantitative estimate of drug-likeness (QED) is 0.521. The molecule has 0 amide bonds. The number of fused-ring (bicyclic) bond motifs is 3. The molecule has 0 aliphatic heterocycles. The molecule has 0 fully saturated rings. The average Bonchev–Trinajstić information content (AvgIpc) is 2.70. The molecule has 0 saturated carbocycles. The van der Waals surface area contributed by atoms with Crippen molar-refractivity contribution < 1.29 is 13.2 Å². The van der Waals surface area contributed by atoms with Crippen LogP contribution in [0.4, 0.5) is 13.2 Å². The van der Waals surface area contributed by atoms with E-state index >= 15 is 0 Å². The van der Waals surface area contributed by atoms with E-state index in [1.165, 1.54) is 18.2 Å². The first-order valence-electron chi connectivity index (χ1n) is 9.36. The highest BCUT2D eigenvalue weighted by molar-refractivity contribution is 5.78. The maximum absolute atomic E-state index is 14.8. The van der Waals surface area contributed by atoms with Crippen LogP contribution in [0.2, 0.25) is 0 Å². The number of aryl methyl sites for hydroxylation is 1. The van der Waals surface area contributed by atoms with E-state index in [2.05, 4.69) is 0 Å². The van der Waals surface area contributed by atoms with E-state index in [0.717, 1.165) is 16.7 Å². The topological polar surface area (TPSA) is 23.8 Å². The van der Waals surface area contributed by atoms with Gasteiger partial charge in [-0.2, -0.15) is 5.26 Å². The number of hydrogen-bond acceptors (Lipinski definition) is 1. The number of benzene rings is 3. The monoisotopic (exact) mass is 377 g/mol. The Labute approximate surface area is 162 Å². The first kappa shape index (κ1) is 18.3. The van der Waals surface area contributed by atoms with Crippen molar-refractivity contribution in [2.45, 2.75) is 32.6 Å². The van der Waals surface area contributed by atoms with E-state index in [0.29, 0.717) is 42.4 Å². The molecular formula is C24H18F3N. The highest BCUT2D eigenvalue weighted by atomic mass is 19.1. The normalized spacial score (nSPS) is 12.2. The summed E-state index contributed by atoms with van der Waals surface area (Å²) in [6, 6.07) is 13.4. The zero-order valence-corrected chi connectivity index (χ0v) is 15.5. The molecule has 0 radical (unpaired) electrons. The van der Waals surface area contributed by atoms with Crippen LogP contribution in [0, 0.1) is 28.8 Å². The Morgan fingerprint density at radius 2 is 1.64 bits per heavy atom. The Morgan fingerprint density at radius 3 is 2.36 bits per heavy atom. The molecule has 3 aromatic carbocycles. The van der Waals surface area contributed by atoms with Gasteiger partial charge in [-0.3, -0.25) is 0 Å². The van der Waals surface area contributed by atoms with Gasteiger partial charge in [-0.1, -0.05) is 37.6 Å². The third-order valence-corrected chi connectivity index (χ3v) is 5.38. The minimum Gasteiger partial charge on any atom is -0.207 e. The van der Waals surface area contributed by atoms with Crippen LogP contribution in [0.25, 0.3) is 22.3 Å². The molecule has 1 nitrogen and oxygen atoms in total. The lowest BCUT2D eigenvalue weighted by Gasteiger charge is -2.23. The van der Waals surface area contributed by atoms with Gasteiger partial charge in [0.1, 0.15) is 23.5 Å². The summed E-state index contributed by atoms with van der Waals surface area (Å²) in [6.45, 7) is 1.90. The lowest BCUT2D eigenvalue weighted by molar-refractivity contribution is 0.542. The second-order valence-electron chi connectivity index (χ2n) is 7.11. The molecule has 28 heavy (non-hydrogen) atoms. The summed E-state index contributed by atoms with van der Waals surface area (Å²) in [7, 11) is 0. The number of nitriles is 1. The molecule has 0 saturated heterocycles. The van der Waals surface area contributed by atoms with Gasteiger partial charge in [0, 0.05) is 5.56 Å². The number of hydrogen-bond donors (Lipinski definition) is 0. The van der Waals surface area contributed by atoms with Crippen molar-refractivity contribution in [1.82, 2.24) is 0 Å². The fourth-order valence-corrected chi connectivity index (χ4v) is 3.96. The molecule has 1 aliphatic rings. The van der Waals surface area contributed by atoms with Gasteiger partial charge in [0.2, 0.25) is 0 Å². The van der Waals surface area contributed by atoms with Crippen LogP contribution in [-0.4, -0.2) is 0 Å². The van der Waals surface area contributed by atoms with Crippen molar-refractivity contribution in [3.63, 3.8) is 0 Å². The third-order valence-electron chi connectivity index (χ3n) is 5.38. The molecule has 0 aromatic heterocycles. The van der Waals surface area contributed by atoms with Gasteiger partial charge >= 0.3 is 0 Å². The van der Waals surface area contributed by atoms with Crippen molar-refractivity contribution >= 4 is 0 Å². The molecule has 0 heterocycles. The van der Waals surface area contributed by atoms with Gasteiger partial charge in [0.15, 0.2) is 0 Å². The van der Waals surface area contributed by atoms with Crippen LogP contribution in [0.15, 0.2) is 42.5 Å². The summed E-state index contributed by atoms with van der Waals surface area (Å²) < 4.78 is 43.3. The fraction of sp³-hybridized carbons (Fsp3) is 0.208. The van der Waals surface area contributed by atoms with Crippen molar-refractivity contribution in [2.75, 3.05) is 0 Å². The van der Waals surface area contributed by atoms with Crippen molar-refractivity contribution in [3.8, 4) is 28.3 Å². The molecule has 0 bridgehead atoms. The molecule has 140 valence electrons. The van der Waals surface area contributed by atoms with Crippen LogP contribution < -0.4 is 0 Å². The van der Waals surface area contributed by atoms with Gasteiger partial charge in [-0.05, 0) is 70.8 Å². The Bertz CT molecular complexity index is 1130. The minimum atomic E-state index is -0.560. The maximum atomic E-state index is 14.8. The van der Waals surface area contributed by atoms with Crippen LogP contribution in [0.1, 0.15) is 35.6 Å². The number of rotatable bonds is 3. The molecule has 0 unspecified atom stereocenters.